The van der Waals surface area contributed by atoms with Crippen LogP contribution in [0.5, 0.6) is 0 Å². The number of hydrogen-bond donors (Lipinski definition) is 3. The summed E-state index contributed by atoms with van der Waals surface area (Å²) in [5.41, 5.74) is 12.5. The minimum atomic E-state index is -0.0847. The SMILES string of the molecule is Nc1n[nH]c(CC(N)c2ccccc2)n1. The van der Waals surface area contributed by atoms with Crippen molar-refractivity contribution in [3.63, 3.8) is 0 Å². The predicted molar refractivity (Wildman–Crippen MR) is 57.9 cm³/mol. The molecular formula is C10H13N5. The molecular weight excluding hydrogens is 190 g/mol. The fourth-order valence-electron chi connectivity index (χ4n) is 1.43. The van der Waals surface area contributed by atoms with Gasteiger partial charge in [0.2, 0.25) is 5.95 Å². The number of benzene rings is 1. The highest BCUT2D eigenvalue weighted by Gasteiger charge is 2.09. The minimum Gasteiger partial charge on any atom is -0.367 e. The van der Waals surface area contributed by atoms with Gasteiger partial charge in [-0.2, -0.15) is 4.98 Å². The van der Waals surface area contributed by atoms with Gasteiger partial charge in [0.25, 0.3) is 0 Å². The van der Waals surface area contributed by atoms with E-state index >= 15 is 0 Å². The second-order valence-electron chi connectivity index (χ2n) is 3.36. The summed E-state index contributed by atoms with van der Waals surface area (Å²) in [7, 11) is 0. The van der Waals surface area contributed by atoms with Crippen LogP contribution in [-0.4, -0.2) is 15.2 Å². The summed E-state index contributed by atoms with van der Waals surface area (Å²) in [6, 6.07) is 9.78. The Morgan fingerprint density at radius 3 is 2.60 bits per heavy atom. The predicted octanol–water partition coefficient (Wildman–Crippen LogP) is 0.629. The quantitative estimate of drug-likeness (QED) is 0.682. The monoisotopic (exact) mass is 203 g/mol. The van der Waals surface area contributed by atoms with Crippen molar-refractivity contribution in [1.82, 2.24) is 15.2 Å². The van der Waals surface area contributed by atoms with E-state index in [-0.39, 0.29) is 12.0 Å². The van der Waals surface area contributed by atoms with Crippen LogP contribution < -0.4 is 11.5 Å². The second-order valence-corrected chi connectivity index (χ2v) is 3.36. The van der Waals surface area contributed by atoms with Crippen molar-refractivity contribution in [3.8, 4) is 0 Å². The molecule has 0 bridgehead atoms. The molecule has 0 amide bonds. The first-order valence-electron chi connectivity index (χ1n) is 4.73. The number of nitrogens with two attached hydrogens (primary N) is 2. The summed E-state index contributed by atoms with van der Waals surface area (Å²) < 4.78 is 0. The van der Waals surface area contributed by atoms with Crippen LogP contribution in [0.3, 0.4) is 0 Å². The van der Waals surface area contributed by atoms with Crippen LogP contribution in [0.1, 0.15) is 17.4 Å². The van der Waals surface area contributed by atoms with Gasteiger partial charge in [0, 0.05) is 12.5 Å². The van der Waals surface area contributed by atoms with Crippen LogP contribution in [-0.2, 0) is 6.42 Å². The number of aromatic amines is 1. The van der Waals surface area contributed by atoms with Crippen LogP contribution >= 0.6 is 0 Å². The maximum Gasteiger partial charge on any atom is 0.239 e. The van der Waals surface area contributed by atoms with E-state index in [1.54, 1.807) is 0 Å². The number of anilines is 1. The zero-order valence-corrected chi connectivity index (χ0v) is 8.22. The lowest BCUT2D eigenvalue weighted by atomic mass is 10.0. The van der Waals surface area contributed by atoms with Crippen molar-refractivity contribution >= 4 is 5.95 Å². The smallest absolute Gasteiger partial charge is 0.239 e. The first-order chi connectivity index (χ1) is 7.25. The van der Waals surface area contributed by atoms with E-state index in [9.17, 15) is 0 Å². The van der Waals surface area contributed by atoms with Crippen LogP contribution in [0, 0.1) is 0 Å². The van der Waals surface area contributed by atoms with Gasteiger partial charge in [-0.25, -0.2) is 0 Å². The molecule has 5 N–H and O–H groups in total. The van der Waals surface area contributed by atoms with E-state index in [0.717, 1.165) is 5.56 Å². The highest BCUT2D eigenvalue weighted by Crippen LogP contribution is 2.13. The Labute approximate surface area is 87.5 Å². The van der Waals surface area contributed by atoms with Gasteiger partial charge in [-0.3, -0.25) is 5.10 Å². The zero-order chi connectivity index (χ0) is 10.7. The first-order valence-corrected chi connectivity index (χ1v) is 4.73. The molecule has 78 valence electrons. The maximum absolute atomic E-state index is 6.01. The number of nitrogens with zero attached hydrogens (tertiary/aromatic N) is 2. The van der Waals surface area contributed by atoms with Crippen molar-refractivity contribution < 1.29 is 0 Å². The lowest BCUT2D eigenvalue weighted by molar-refractivity contribution is 0.690. The molecule has 0 aliphatic carbocycles. The van der Waals surface area contributed by atoms with E-state index in [4.69, 9.17) is 11.5 Å². The van der Waals surface area contributed by atoms with Crippen LogP contribution in [0.25, 0.3) is 0 Å². The third-order valence-electron chi connectivity index (χ3n) is 2.19. The van der Waals surface area contributed by atoms with Gasteiger partial charge < -0.3 is 11.5 Å². The van der Waals surface area contributed by atoms with E-state index in [2.05, 4.69) is 15.2 Å². The molecule has 2 rings (SSSR count). The summed E-state index contributed by atoms with van der Waals surface area (Å²) >= 11 is 0. The van der Waals surface area contributed by atoms with Crippen molar-refractivity contribution in [2.24, 2.45) is 5.73 Å². The number of H-pyrrole nitrogens is 1. The highest BCUT2D eigenvalue weighted by atomic mass is 15.3. The Bertz CT molecular complexity index is 422. The van der Waals surface area contributed by atoms with Crippen LogP contribution in [0.4, 0.5) is 5.95 Å². The number of aromatic nitrogens is 3. The topological polar surface area (TPSA) is 93.6 Å². The Balaban J connectivity index is 2.07. The first kappa shape index (κ1) is 9.67. The molecule has 1 aromatic carbocycles. The molecule has 1 unspecified atom stereocenters. The molecule has 1 heterocycles. The fraction of sp³-hybridized carbons (Fsp3) is 0.200. The molecule has 0 fully saturated rings. The number of nitrogen functional groups attached to an aromatic ring is 1. The second kappa shape index (κ2) is 4.10. The summed E-state index contributed by atoms with van der Waals surface area (Å²) in [6.07, 6.45) is 0.605. The Morgan fingerprint density at radius 1 is 1.27 bits per heavy atom. The van der Waals surface area contributed by atoms with Crippen molar-refractivity contribution in [1.29, 1.82) is 0 Å². The summed E-state index contributed by atoms with van der Waals surface area (Å²) in [4.78, 5) is 4.01. The molecule has 1 atom stereocenters. The van der Waals surface area contributed by atoms with E-state index in [1.807, 2.05) is 30.3 Å². The standard InChI is InChI=1S/C10H13N5/c11-8(7-4-2-1-3-5-7)6-9-13-10(12)15-14-9/h1-5,8H,6,11H2,(H3,12,13,14,15). The summed E-state index contributed by atoms with van der Waals surface area (Å²) in [5, 5.41) is 6.49. The van der Waals surface area contributed by atoms with Crippen LogP contribution in [0.15, 0.2) is 30.3 Å². The van der Waals surface area contributed by atoms with Gasteiger partial charge >= 0.3 is 0 Å². The Kier molecular flexibility index (Phi) is 2.64. The molecule has 15 heavy (non-hydrogen) atoms. The molecule has 0 spiro atoms. The maximum atomic E-state index is 6.01. The number of nitrogens with one attached hydrogen (secondary N) is 1. The van der Waals surface area contributed by atoms with Gasteiger partial charge in [-0.05, 0) is 5.56 Å². The normalized spacial score (nSPS) is 12.6. The molecule has 0 saturated carbocycles. The van der Waals surface area contributed by atoms with Gasteiger partial charge in [0.1, 0.15) is 5.82 Å². The summed E-state index contributed by atoms with van der Waals surface area (Å²) in [6.45, 7) is 0. The minimum absolute atomic E-state index is 0.0847. The highest BCUT2D eigenvalue weighted by molar-refractivity contribution is 5.20. The van der Waals surface area contributed by atoms with E-state index < -0.39 is 0 Å². The average molecular weight is 203 g/mol. The van der Waals surface area contributed by atoms with E-state index in [0.29, 0.717) is 12.2 Å². The summed E-state index contributed by atoms with van der Waals surface area (Å²) in [5.74, 6) is 0.967. The number of hydrogen-bond acceptors (Lipinski definition) is 4. The van der Waals surface area contributed by atoms with Crippen molar-refractivity contribution in [2.45, 2.75) is 12.5 Å². The third-order valence-corrected chi connectivity index (χ3v) is 2.19. The van der Waals surface area contributed by atoms with Gasteiger partial charge in [-0.1, -0.05) is 30.3 Å². The van der Waals surface area contributed by atoms with Gasteiger partial charge in [-0.15, -0.1) is 5.10 Å². The number of rotatable bonds is 3. The average Bonchev–Trinajstić information content (AvgIpc) is 2.65. The lowest BCUT2D eigenvalue weighted by Crippen LogP contribution is -2.14. The van der Waals surface area contributed by atoms with E-state index in [1.165, 1.54) is 0 Å². The van der Waals surface area contributed by atoms with Crippen LogP contribution in [0.2, 0.25) is 0 Å². The molecule has 1 aromatic heterocycles. The molecule has 0 saturated heterocycles. The zero-order valence-electron chi connectivity index (χ0n) is 8.22. The molecule has 5 heteroatoms. The lowest BCUT2D eigenvalue weighted by Gasteiger charge is -2.09. The van der Waals surface area contributed by atoms with Gasteiger partial charge in [0.05, 0.1) is 0 Å². The third kappa shape index (κ3) is 2.32. The fourth-order valence-corrected chi connectivity index (χ4v) is 1.43. The van der Waals surface area contributed by atoms with Gasteiger partial charge in [0.15, 0.2) is 0 Å². The largest absolute Gasteiger partial charge is 0.367 e. The molecule has 0 radical (unpaired) electrons. The Morgan fingerprint density at radius 2 is 2.00 bits per heavy atom. The van der Waals surface area contributed by atoms with Crippen molar-refractivity contribution in [2.75, 3.05) is 5.73 Å². The molecule has 0 aliphatic heterocycles. The van der Waals surface area contributed by atoms with Crippen molar-refractivity contribution in [3.05, 3.63) is 41.7 Å². The molecule has 0 aliphatic rings. The molecule has 5 nitrogen and oxygen atoms in total. The Hall–Kier alpha value is -1.88. The molecule has 2 aromatic rings.